The molecule has 0 saturated carbocycles. The predicted molar refractivity (Wildman–Crippen MR) is 116 cm³/mol. The number of phenolic OH excluding ortho intramolecular Hbond substituents is 3. The Morgan fingerprint density at radius 3 is 2.47 bits per heavy atom. The zero-order valence-electron chi connectivity index (χ0n) is 17.0. The van der Waals surface area contributed by atoms with Crippen molar-refractivity contribution in [2.45, 2.75) is 19.9 Å². The Morgan fingerprint density at radius 1 is 1.03 bits per heavy atom. The van der Waals surface area contributed by atoms with Gasteiger partial charge in [-0.2, -0.15) is 5.10 Å². The van der Waals surface area contributed by atoms with E-state index in [9.17, 15) is 15.3 Å². The first-order chi connectivity index (χ1) is 14.3. The Morgan fingerprint density at radius 2 is 1.80 bits per heavy atom. The maximum atomic E-state index is 10.1. The lowest BCUT2D eigenvalue weighted by Crippen LogP contribution is -2.14. The Balaban J connectivity index is 2.20. The van der Waals surface area contributed by atoms with Crippen molar-refractivity contribution in [1.82, 2.24) is 4.68 Å². The smallest absolute Gasteiger partial charge is 0.206 e. The molecule has 1 aromatic heterocycles. The highest BCUT2D eigenvalue weighted by Gasteiger charge is 2.15. The molecule has 3 N–H and O–H groups in total. The molecule has 8 nitrogen and oxygen atoms in total. The van der Waals surface area contributed by atoms with Crippen LogP contribution in [0.4, 0.5) is 0 Å². The van der Waals surface area contributed by atoms with E-state index in [-0.39, 0.29) is 11.6 Å². The van der Waals surface area contributed by atoms with E-state index in [2.05, 4.69) is 10.1 Å². The molecule has 0 aliphatic heterocycles. The van der Waals surface area contributed by atoms with Crippen molar-refractivity contribution in [3.8, 4) is 40.0 Å². The fourth-order valence-corrected chi connectivity index (χ4v) is 3.69. The van der Waals surface area contributed by atoms with E-state index in [1.54, 1.807) is 25.0 Å². The van der Waals surface area contributed by atoms with Crippen molar-refractivity contribution in [2.24, 2.45) is 10.1 Å². The minimum atomic E-state index is -0.601. The van der Waals surface area contributed by atoms with Crippen LogP contribution in [-0.2, 0) is 0 Å². The summed E-state index contributed by atoms with van der Waals surface area (Å²) in [7, 11) is 3.17. The van der Waals surface area contributed by atoms with Crippen LogP contribution in [0.3, 0.4) is 0 Å². The van der Waals surface area contributed by atoms with Gasteiger partial charge in [0, 0.05) is 22.5 Å². The number of aromatic hydroxyl groups is 3. The third-order valence-corrected chi connectivity index (χ3v) is 5.04. The van der Waals surface area contributed by atoms with Crippen LogP contribution in [0.2, 0.25) is 0 Å². The van der Waals surface area contributed by atoms with Crippen molar-refractivity contribution in [3.05, 3.63) is 46.1 Å². The van der Waals surface area contributed by atoms with Crippen LogP contribution in [0.25, 0.3) is 11.3 Å². The summed E-state index contributed by atoms with van der Waals surface area (Å²) in [6.45, 7) is 3.92. The monoisotopic (exact) mass is 429 g/mol. The van der Waals surface area contributed by atoms with Crippen LogP contribution >= 0.6 is 11.3 Å². The van der Waals surface area contributed by atoms with Gasteiger partial charge in [-0.3, -0.25) is 4.99 Å². The summed E-state index contributed by atoms with van der Waals surface area (Å²) in [4.78, 5) is 5.26. The van der Waals surface area contributed by atoms with E-state index in [0.717, 1.165) is 5.56 Å². The molecule has 0 spiro atoms. The standard InChI is InChI=1S/C21H23N3O5S/c1-12(2)23-21-24(22-10-13-5-7-17(25)20(27)19(13)26)16(11-30-21)15-9-14(28-3)6-8-18(15)29-4/h5-12,25-27H,1-4H3. The van der Waals surface area contributed by atoms with Gasteiger partial charge in [0.2, 0.25) is 10.6 Å². The average molecular weight is 429 g/mol. The minimum Gasteiger partial charge on any atom is -0.504 e. The molecule has 2 aromatic carbocycles. The molecule has 0 saturated heterocycles. The number of hydrogen-bond donors (Lipinski definition) is 3. The Hall–Kier alpha value is -3.46. The second-order valence-electron chi connectivity index (χ2n) is 6.62. The van der Waals surface area contributed by atoms with E-state index >= 15 is 0 Å². The molecule has 1 heterocycles. The van der Waals surface area contributed by atoms with Crippen molar-refractivity contribution in [3.63, 3.8) is 0 Å². The van der Waals surface area contributed by atoms with Crippen LogP contribution in [-0.4, -0.2) is 46.5 Å². The summed E-state index contributed by atoms with van der Waals surface area (Å²) >= 11 is 1.41. The van der Waals surface area contributed by atoms with Gasteiger partial charge < -0.3 is 24.8 Å². The maximum absolute atomic E-state index is 10.1. The second kappa shape index (κ2) is 8.91. The first kappa shape index (κ1) is 21.3. The normalized spacial score (nSPS) is 12.1. The number of benzene rings is 2. The highest BCUT2D eigenvalue weighted by Crippen LogP contribution is 2.37. The molecule has 0 atom stereocenters. The number of phenols is 3. The molecule has 158 valence electrons. The number of methoxy groups -OCH3 is 2. The van der Waals surface area contributed by atoms with E-state index in [0.29, 0.717) is 22.0 Å². The number of ether oxygens (including phenoxy) is 2. The van der Waals surface area contributed by atoms with Crippen molar-refractivity contribution < 1.29 is 24.8 Å². The van der Waals surface area contributed by atoms with Crippen molar-refractivity contribution in [1.29, 1.82) is 0 Å². The predicted octanol–water partition coefficient (Wildman–Crippen LogP) is 3.54. The molecule has 0 bridgehead atoms. The number of nitrogens with zero attached hydrogens (tertiary/aromatic N) is 3. The van der Waals surface area contributed by atoms with E-state index < -0.39 is 17.2 Å². The molecule has 0 fully saturated rings. The quantitative estimate of drug-likeness (QED) is 0.410. The lowest BCUT2D eigenvalue weighted by atomic mass is 10.1. The Kier molecular flexibility index (Phi) is 6.31. The highest BCUT2D eigenvalue weighted by atomic mass is 32.1. The topological polar surface area (TPSA) is 109 Å². The van der Waals surface area contributed by atoms with Gasteiger partial charge in [0.15, 0.2) is 11.5 Å². The molecule has 0 radical (unpaired) electrons. The first-order valence-corrected chi connectivity index (χ1v) is 9.98. The largest absolute Gasteiger partial charge is 0.504 e. The van der Waals surface area contributed by atoms with Gasteiger partial charge in [0.1, 0.15) is 11.5 Å². The first-order valence-electron chi connectivity index (χ1n) is 9.10. The molecular formula is C21H23N3O5S. The van der Waals surface area contributed by atoms with Gasteiger partial charge in [-0.25, -0.2) is 4.68 Å². The zero-order valence-corrected chi connectivity index (χ0v) is 17.8. The van der Waals surface area contributed by atoms with E-state index in [4.69, 9.17) is 9.47 Å². The fourth-order valence-electron chi connectivity index (χ4n) is 2.73. The molecular weight excluding hydrogens is 406 g/mol. The van der Waals surface area contributed by atoms with Crippen LogP contribution < -0.4 is 14.3 Å². The minimum absolute atomic E-state index is 0.0382. The Labute approximate surface area is 177 Å². The molecule has 0 amide bonds. The maximum Gasteiger partial charge on any atom is 0.206 e. The van der Waals surface area contributed by atoms with Crippen LogP contribution in [0, 0.1) is 0 Å². The van der Waals surface area contributed by atoms with Gasteiger partial charge >= 0.3 is 0 Å². The van der Waals surface area contributed by atoms with E-state index in [1.807, 2.05) is 31.4 Å². The second-order valence-corrected chi connectivity index (χ2v) is 7.46. The summed E-state index contributed by atoms with van der Waals surface area (Å²) in [6.07, 6.45) is 1.39. The van der Waals surface area contributed by atoms with Gasteiger partial charge in [-0.05, 0) is 44.2 Å². The average Bonchev–Trinajstić information content (AvgIpc) is 3.12. The van der Waals surface area contributed by atoms with E-state index in [1.165, 1.54) is 29.7 Å². The van der Waals surface area contributed by atoms with Crippen molar-refractivity contribution >= 4 is 17.6 Å². The third-order valence-electron chi connectivity index (χ3n) is 4.21. The Bertz CT molecular complexity index is 1150. The molecule has 3 rings (SSSR count). The van der Waals surface area contributed by atoms with Crippen LogP contribution in [0.5, 0.6) is 28.7 Å². The lowest BCUT2D eigenvalue weighted by molar-refractivity contribution is 0.367. The highest BCUT2D eigenvalue weighted by molar-refractivity contribution is 7.07. The third kappa shape index (κ3) is 4.25. The summed E-state index contributed by atoms with van der Waals surface area (Å²) < 4.78 is 12.5. The lowest BCUT2D eigenvalue weighted by Gasteiger charge is -2.11. The van der Waals surface area contributed by atoms with Gasteiger partial charge in [-0.15, -0.1) is 11.3 Å². The number of rotatable bonds is 6. The van der Waals surface area contributed by atoms with Crippen LogP contribution in [0.15, 0.2) is 45.8 Å². The number of thiazole rings is 1. The molecule has 9 heteroatoms. The van der Waals surface area contributed by atoms with Gasteiger partial charge in [0.25, 0.3) is 0 Å². The zero-order chi connectivity index (χ0) is 21.8. The molecule has 3 aromatic rings. The SMILES string of the molecule is COc1ccc(OC)c(-c2csc(=NC(C)C)n2N=Cc2ccc(O)c(O)c2O)c1. The molecule has 0 aliphatic carbocycles. The van der Waals surface area contributed by atoms with Crippen molar-refractivity contribution in [2.75, 3.05) is 14.2 Å². The summed E-state index contributed by atoms with van der Waals surface area (Å²) in [5, 5.41) is 35.8. The van der Waals surface area contributed by atoms with Gasteiger partial charge in [-0.1, -0.05) is 0 Å². The number of hydrogen-bond acceptors (Lipinski definition) is 8. The van der Waals surface area contributed by atoms with Crippen LogP contribution in [0.1, 0.15) is 19.4 Å². The molecule has 0 unspecified atom stereocenters. The molecule has 0 aliphatic rings. The summed E-state index contributed by atoms with van der Waals surface area (Å²) in [5.74, 6) is -0.173. The summed E-state index contributed by atoms with van der Waals surface area (Å²) in [6, 6.07) is 8.22. The van der Waals surface area contributed by atoms with Gasteiger partial charge in [0.05, 0.1) is 26.1 Å². The number of aromatic nitrogens is 1. The fraction of sp³-hybridized carbons (Fsp3) is 0.238. The summed E-state index contributed by atoms with van der Waals surface area (Å²) in [5.41, 5.74) is 1.71. The molecule has 30 heavy (non-hydrogen) atoms.